The van der Waals surface area contributed by atoms with E-state index in [-0.39, 0.29) is 23.3 Å². The predicted molar refractivity (Wildman–Crippen MR) is 110 cm³/mol. The molecule has 0 radical (unpaired) electrons. The number of carbonyl (C=O) groups excluding carboxylic acids is 1. The molecule has 5 rings (SSSR count). The zero-order valence-electron chi connectivity index (χ0n) is 17.8. The topological polar surface area (TPSA) is 73.8 Å². The van der Waals surface area contributed by atoms with Gasteiger partial charge in [0.1, 0.15) is 11.3 Å². The lowest BCUT2D eigenvalue weighted by Crippen LogP contribution is -2.65. The molecule has 3 aliphatic heterocycles. The van der Waals surface area contributed by atoms with Gasteiger partial charge in [-0.15, -0.1) is 0 Å². The number of hydrogen-bond donors (Lipinski definition) is 0. The minimum absolute atomic E-state index is 0.0304. The van der Waals surface area contributed by atoms with Crippen molar-refractivity contribution < 1.29 is 19.0 Å². The van der Waals surface area contributed by atoms with E-state index in [9.17, 15) is 4.79 Å². The van der Waals surface area contributed by atoms with Crippen LogP contribution in [0.4, 0.5) is 0 Å². The fourth-order valence-electron chi connectivity index (χ4n) is 5.09. The summed E-state index contributed by atoms with van der Waals surface area (Å²) in [6, 6.07) is 5.97. The van der Waals surface area contributed by atoms with Gasteiger partial charge in [-0.3, -0.25) is 9.78 Å². The third kappa shape index (κ3) is 2.95. The number of rotatable bonds is 2. The van der Waals surface area contributed by atoms with E-state index in [1.165, 1.54) is 0 Å². The maximum atomic E-state index is 12.8. The van der Waals surface area contributed by atoms with Crippen molar-refractivity contribution in [3.63, 3.8) is 0 Å². The highest BCUT2D eigenvalue weighted by molar-refractivity contribution is 5.92. The molecule has 7 heteroatoms. The molecule has 0 saturated carbocycles. The molecule has 0 aliphatic carbocycles. The first-order valence-corrected chi connectivity index (χ1v) is 10.4. The average molecular weight is 409 g/mol. The fourth-order valence-corrected chi connectivity index (χ4v) is 5.09. The Morgan fingerprint density at radius 1 is 1.23 bits per heavy atom. The van der Waals surface area contributed by atoms with Crippen LogP contribution in [0.3, 0.4) is 0 Å². The first kappa shape index (κ1) is 19.3. The molecule has 0 N–H and O–H groups in total. The zero-order chi connectivity index (χ0) is 21.1. The van der Waals surface area contributed by atoms with Crippen molar-refractivity contribution in [3.05, 3.63) is 47.5 Å². The van der Waals surface area contributed by atoms with Crippen LogP contribution in [0.5, 0.6) is 11.5 Å². The van der Waals surface area contributed by atoms with E-state index in [1.807, 2.05) is 24.0 Å². The van der Waals surface area contributed by atoms with Gasteiger partial charge in [-0.25, -0.2) is 4.98 Å². The number of benzene rings is 1. The number of ether oxygens (including phenoxy) is 3. The maximum absolute atomic E-state index is 12.8. The highest BCUT2D eigenvalue weighted by Gasteiger charge is 2.57. The molecule has 7 nitrogen and oxygen atoms in total. The molecule has 1 aromatic heterocycles. The van der Waals surface area contributed by atoms with Crippen molar-refractivity contribution in [1.29, 1.82) is 0 Å². The largest absolute Gasteiger partial charge is 0.493 e. The standard InChI is InChI=1S/C23H27N3O4/c1-14-9-25-17(10-24-14)21(27)26-11-23(12-26)8-16-19(29-13-23)15-6-5-7-18(28-4)20(15)30-22(16,2)3/h5-7,9-10,16,19H,8,11-13H2,1-4H3/t16-,19+/m0/s1. The van der Waals surface area contributed by atoms with Crippen LogP contribution in [0.1, 0.15) is 48.1 Å². The maximum Gasteiger partial charge on any atom is 0.274 e. The van der Waals surface area contributed by atoms with Gasteiger partial charge in [0.2, 0.25) is 0 Å². The monoisotopic (exact) mass is 409 g/mol. The first-order valence-electron chi connectivity index (χ1n) is 10.4. The van der Waals surface area contributed by atoms with Gasteiger partial charge in [0.15, 0.2) is 11.5 Å². The predicted octanol–water partition coefficient (Wildman–Crippen LogP) is 3.18. The van der Waals surface area contributed by atoms with Gasteiger partial charge >= 0.3 is 0 Å². The second-order valence-electron chi connectivity index (χ2n) is 9.33. The first-order chi connectivity index (χ1) is 14.3. The van der Waals surface area contributed by atoms with Crippen molar-refractivity contribution >= 4 is 5.91 Å². The summed E-state index contributed by atoms with van der Waals surface area (Å²) in [6.45, 7) is 8.07. The molecule has 2 fully saturated rings. The third-order valence-electron chi connectivity index (χ3n) is 6.72. The van der Waals surface area contributed by atoms with Crippen LogP contribution in [0.2, 0.25) is 0 Å². The van der Waals surface area contributed by atoms with Gasteiger partial charge in [-0.05, 0) is 33.3 Å². The summed E-state index contributed by atoms with van der Waals surface area (Å²) in [4.78, 5) is 23.0. The second kappa shape index (κ2) is 6.67. The number of hydrogen-bond acceptors (Lipinski definition) is 6. The molecule has 0 bridgehead atoms. The Balaban J connectivity index is 1.34. The molecule has 1 amide bonds. The lowest BCUT2D eigenvalue weighted by molar-refractivity contribution is -0.192. The molecule has 2 atom stereocenters. The smallest absolute Gasteiger partial charge is 0.274 e. The quantitative estimate of drug-likeness (QED) is 0.759. The summed E-state index contributed by atoms with van der Waals surface area (Å²) in [5.41, 5.74) is 1.82. The lowest BCUT2D eigenvalue weighted by atomic mass is 9.64. The van der Waals surface area contributed by atoms with E-state index < -0.39 is 5.60 Å². The third-order valence-corrected chi connectivity index (χ3v) is 6.72. The molecule has 1 aromatic carbocycles. The number of aryl methyl sites for hydroxylation is 1. The van der Waals surface area contributed by atoms with Gasteiger partial charge in [-0.1, -0.05) is 12.1 Å². The number of aromatic nitrogens is 2. The normalized spacial score (nSPS) is 25.5. The minimum atomic E-state index is -0.396. The number of para-hydroxylation sites is 1. The summed E-state index contributed by atoms with van der Waals surface area (Å²) in [5, 5.41) is 0. The number of fused-ring (bicyclic) bond motifs is 3. The number of methoxy groups -OCH3 is 1. The van der Waals surface area contributed by atoms with Gasteiger partial charge in [0, 0.05) is 36.2 Å². The number of carbonyl (C=O) groups is 1. The van der Waals surface area contributed by atoms with Crippen LogP contribution in [0.15, 0.2) is 30.6 Å². The average Bonchev–Trinajstić information content (AvgIpc) is 2.71. The number of likely N-dealkylation sites (tertiary alicyclic amines) is 1. The van der Waals surface area contributed by atoms with Crippen LogP contribution < -0.4 is 9.47 Å². The highest BCUT2D eigenvalue weighted by atomic mass is 16.5. The fraction of sp³-hybridized carbons (Fsp3) is 0.522. The van der Waals surface area contributed by atoms with Crippen molar-refractivity contribution in [2.45, 2.75) is 38.9 Å². The van der Waals surface area contributed by atoms with E-state index >= 15 is 0 Å². The van der Waals surface area contributed by atoms with Crippen LogP contribution in [-0.4, -0.2) is 53.2 Å². The summed E-state index contributed by atoms with van der Waals surface area (Å²) >= 11 is 0. The molecule has 30 heavy (non-hydrogen) atoms. The Morgan fingerprint density at radius 2 is 2.03 bits per heavy atom. The van der Waals surface area contributed by atoms with Crippen molar-refractivity contribution in [2.75, 3.05) is 26.8 Å². The molecule has 158 valence electrons. The Kier molecular flexibility index (Phi) is 4.29. The van der Waals surface area contributed by atoms with Crippen molar-refractivity contribution in [3.8, 4) is 11.5 Å². The number of amides is 1. The van der Waals surface area contributed by atoms with Crippen LogP contribution in [0.25, 0.3) is 0 Å². The van der Waals surface area contributed by atoms with Gasteiger partial charge in [-0.2, -0.15) is 0 Å². The Hall–Kier alpha value is -2.67. The summed E-state index contributed by atoms with van der Waals surface area (Å²) < 4.78 is 18.4. The molecule has 0 unspecified atom stereocenters. The zero-order valence-corrected chi connectivity index (χ0v) is 17.8. The number of nitrogens with zero attached hydrogens (tertiary/aromatic N) is 3. The summed E-state index contributed by atoms with van der Waals surface area (Å²) in [6.07, 6.45) is 4.10. The van der Waals surface area contributed by atoms with E-state index in [1.54, 1.807) is 19.5 Å². The van der Waals surface area contributed by atoms with Crippen LogP contribution in [-0.2, 0) is 4.74 Å². The molecule has 3 aliphatic rings. The van der Waals surface area contributed by atoms with E-state index in [4.69, 9.17) is 14.2 Å². The Bertz CT molecular complexity index is 982. The molecular weight excluding hydrogens is 382 g/mol. The Labute approximate surface area is 176 Å². The molecular formula is C23H27N3O4. The lowest BCUT2D eigenvalue weighted by Gasteiger charge is -2.58. The minimum Gasteiger partial charge on any atom is -0.493 e. The highest BCUT2D eigenvalue weighted by Crippen LogP contribution is 2.56. The van der Waals surface area contributed by atoms with E-state index in [2.05, 4.69) is 29.9 Å². The van der Waals surface area contributed by atoms with Crippen LogP contribution >= 0.6 is 0 Å². The van der Waals surface area contributed by atoms with Crippen molar-refractivity contribution in [2.24, 2.45) is 11.3 Å². The second-order valence-corrected chi connectivity index (χ2v) is 9.33. The molecule has 2 aromatic rings. The van der Waals surface area contributed by atoms with Crippen molar-refractivity contribution in [1.82, 2.24) is 14.9 Å². The van der Waals surface area contributed by atoms with Gasteiger partial charge in [0.05, 0.1) is 31.7 Å². The van der Waals surface area contributed by atoms with E-state index in [0.717, 1.165) is 29.2 Å². The molecule has 1 spiro atoms. The van der Waals surface area contributed by atoms with Crippen LogP contribution in [0, 0.1) is 18.3 Å². The summed E-state index contributed by atoms with van der Waals surface area (Å²) in [7, 11) is 1.66. The van der Waals surface area contributed by atoms with Gasteiger partial charge in [0.25, 0.3) is 5.91 Å². The Morgan fingerprint density at radius 3 is 2.73 bits per heavy atom. The van der Waals surface area contributed by atoms with E-state index in [0.29, 0.717) is 25.4 Å². The SMILES string of the molecule is COc1cccc2c1OC(C)(C)[C@H]1CC3(CO[C@H]21)CN(C(=O)c1cnc(C)cn1)C3. The molecule has 2 saturated heterocycles. The summed E-state index contributed by atoms with van der Waals surface area (Å²) in [5.74, 6) is 1.65. The molecule has 4 heterocycles. The van der Waals surface area contributed by atoms with Gasteiger partial charge < -0.3 is 19.1 Å².